The number of nitrogens with one attached hydrogen (secondary N) is 2. The third-order valence-corrected chi connectivity index (χ3v) is 6.95. The highest BCUT2D eigenvalue weighted by molar-refractivity contribution is 5.85. The molecule has 2 unspecified atom stereocenters. The molecule has 2 atom stereocenters. The smallest absolute Gasteiger partial charge is 0.217 e. The molecule has 0 radical (unpaired) electrons. The molecular weight excluding hydrogens is 492 g/mol. The lowest BCUT2D eigenvalue weighted by Crippen LogP contribution is -2.53. The molecule has 1 aliphatic rings. The van der Waals surface area contributed by atoms with Gasteiger partial charge in [-0.1, -0.05) is 17.3 Å². The van der Waals surface area contributed by atoms with Gasteiger partial charge in [-0.3, -0.25) is 4.79 Å². The summed E-state index contributed by atoms with van der Waals surface area (Å²) in [5.74, 6) is -1.76. The number of carbonyl (C=O) groups excluding carboxylic acids is 1. The number of amides is 1. The first-order valence-electron chi connectivity index (χ1n) is 12.6. The fourth-order valence-corrected chi connectivity index (χ4v) is 5.09. The molecule has 10 heteroatoms. The number of rotatable bonds is 10. The average molecular weight is 526 g/mol. The molecule has 1 aliphatic carbocycles. The number of halogens is 2. The van der Waals surface area contributed by atoms with Crippen molar-refractivity contribution >= 4 is 11.6 Å². The maximum Gasteiger partial charge on any atom is 0.217 e. The molecule has 202 valence electrons. The quantitative estimate of drug-likeness (QED) is 0.351. The van der Waals surface area contributed by atoms with Crippen molar-refractivity contribution in [1.29, 1.82) is 0 Å². The van der Waals surface area contributed by atoms with Gasteiger partial charge in [-0.2, -0.15) is 5.10 Å². The highest BCUT2D eigenvalue weighted by atomic mass is 19.1. The van der Waals surface area contributed by atoms with E-state index in [1.54, 1.807) is 10.9 Å². The van der Waals surface area contributed by atoms with Crippen LogP contribution in [0, 0.1) is 11.6 Å². The zero-order valence-corrected chi connectivity index (χ0v) is 21.5. The number of hydrogen-bond donors (Lipinski definition) is 3. The molecule has 1 amide bonds. The normalized spacial score (nSPS) is 19.0. The second-order valence-electron chi connectivity index (χ2n) is 9.66. The first-order valence-corrected chi connectivity index (χ1v) is 12.6. The van der Waals surface area contributed by atoms with Crippen molar-refractivity contribution in [3.8, 4) is 5.69 Å². The summed E-state index contributed by atoms with van der Waals surface area (Å²) in [6.07, 6.45) is 5.49. The fraction of sp³-hybridized carbons (Fsp3) is 0.393. The van der Waals surface area contributed by atoms with Crippen molar-refractivity contribution in [2.24, 2.45) is 5.16 Å². The first-order chi connectivity index (χ1) is 18.3. The van der Waals surface area contributed by atoms with Crippen LogP contribution in [0.3, 0.4) is 0 Å². The molecule has 2 aromatic carbocycles. The Labute approximate surface area is 220 Å². The van der Waals surface area contributed by atoms with Crippen molar-refractivity contribution in [3.63, 3.8) is 0 Å². The van der Waals surface area contributed by atoms with Crippen LogP contribution in [0.5, 0.6) is 0 Å². The zero-order valence-electron chi connectivity index (χ0n) is 21.5. The van der Waals surface area contributed by atoms with E-state index in [0.29, 0.717) is 31.2 Å². The SMILES string of the molecule is CON=C1CCC(NCC(O)C(Cc2cc(F)cc(F)c2)NC(C)=O)(c2cccc(-n3cccn3)c2)CC1. The van der Waals surface area contributed by atoms with Crippen LogP contribution in [-0.4, -0.2) is 52.3 Å². The zero-order chi connectivity index (χ0) is 27.1. The molecule has 1 heterocycles. The van der Waals surface area contributed by atoms with Crippen molar-refractivity contribution < 1.29 is 23.5 Å². The minimum Gasteiger partial charge on any atom is -0.399 e. The molecule has 3 aromatic rings. The predicted molar refractivity (Wildman–Crippen MR) is 140 cm³/mol. The van der Waals surface area contributed by atoms with Gasteiger partial charge in [0.25, 0.3) is 0 Å². The summed E-state index contributed by atoms with van der Waals surface area (Å²) in [4.78, 5) is 16.9. The summed E-state index contributed by atoms with van der Waals surface area (Å²) in [5, 5.41) is 26.0. The van der Waals surface area contributed by atoms with E-state index >= 15 is 0 Å². The van der Waals surface area contributed by atoms with Gasteiger partial charge in [0.2, 0.25) is 5.91 Å². The molecule has 1 aromatic heterocycles. The Morgan fingerprint density at radius 3 is 2.55 bits per heavy atom. The summed E-state index contributed by atoms with van der Waals surface area (Å²) in [7, 11) is 1.53. The number of hydrogen-bond acceptors (Lipinski definition) is 6. The third-order valence-electron chi connectivity index (χ3n) is 6.95. The maximum absolute atomic E-state index is 13.8. The Balaban J connectivity index is 1.57. The van der Waals surface area contributed by atoms with E-state index in [9.17, 15) is 18.7 Å². The van der Waals surface area contributed by atoms with Gasteiger partial charge >= 0.3 is 0 Å². The Morgan fingerprint density at radius 2 is 1.92 bits per heavy atom. The fourth-order valence-electron chi connectivity index (χ4n) is 5.09. The van der Waals surface area contributed by atoms with Crippen LogP contribution in [0.15, 0.2) is 66.1 Å². The van der Waals surface area contributed by atoms with Gasteiger partial charge in [0.15, 0.2) is 0 Å². The van der Waals surface area contributed by atoms with E-state index in [4.69, 9.17) is 4.84 Å². The van der Waals surface area contributed by atoms with Crippen LogP contribution in [0.25, 0.3) is 5.69 Å². The van der Waals surface area contributed by atoms with Crippen LogP contribution in [0.4, 0.5) is 8.78 Å². The summed E-state index contributed by atoms with van der Waals surface area (Å²) >= 11 is 0. The molecule has 1 saturated carbocycles. The van der Waals surface area contributed by atoms with Crippen LogP contribution in [-0.2, 0) is 21.6 Å². The minimum absolute atomic E-state index is 0.0730. The number of nitrogens with zero attached hydrogens (tertiary/aromatic N) is 3. The number of benzene rings is 2. The van der Waals surface area contributed by atoms with Gasteiger partial charge in [-0.05, 0) is 73.6 Å². The Bertz CT molecular complexity index is 1230. The van der Waals surface area contributed by atoms with Crippen LogP contribution >= 0.6 is 0 Å². The molecule has 0 bridgehead atoms. The van der Waals surface area contributed by atoms with E-state index in [1.807, 2.05) is 30.5 Å². The van der Waals surface area contributed by atoms with E-state index in [0.717, 1.165) is 23.0 Å². The van der Waals surface area contributed by atoms with Gasteiger partial charge in [0, 0.05) is 37.5 Å². The molecule has 8 nitrogen and oxygen atoms in total. The van der Waals surface area contributed by atoms with E-state index in [1.165, 1.54) is 26.2 Å². The van der Waals surface area contributed by atoms with E-state index < -0.39 is 29.3 Å². The van der Waals surface area contributed by atoms with Crippen LogP contribution in [0.1, 0.15) is 43.7 Å². The predicted octanol–water partition coefficient (Wildman–Crippen LogP) is 3.62. The number of carbonyl (C=O) groups is 1. The Hall–Kier alpha value is -3.63. The van der Waals surface area contributed by atoms with Gasteiger partial charge in [-0.15, -0.1) is 0 Å². The van der Waals surface area contributed by atoms with Gasteiger partial charge in [0.05, 0.1) is 23.5 Å². The topological polar surface area (TPSA) is 101 Å². The average Bonchev–Trinajstić information content (AvgIpc) is 3.43. The number of aliphatic hydroxyl groups excluding tert-OH is 1. The highest BCUT2D eigenvalue weighted by Gasteiger charge is 2.37. The molecule has 38 heavy (non-hydrogen) atoms. The van der Waals surface area contributed by atoms with Gasteiger partial charge in [-0.25, -0.2) is 13.5 Å². The van der Waals surface area contributed by atoms with Crippen molar-refractivity contribution in [1.82, 2.24) is 20.4 Å². The standard InChI is InChI=1S/C28H33F2N5O3/c1-19(36)33-26(15-20-13-22(29)17-23(30)14-20)27(37)18-31-28(9-7-24(8-10-28)34-38-2)21-5-3-6-25(16-21)35-12-4-11-32-35/h3-6,11-14,16-17,26-27,31,37H,7-10,15,18H2,1-2H3,(H,33,36). The van der Waals surface area contributed by atoms with E-state index in [-0.39, 0.29) is 18.9 Å². The highest BCUT2D eigenvalue weighted by Crippen LogP contribution is 2.37. The molecule has 0 saturated heterocycles. The number of oxime groups is 1. The molecule has 0 aliphatic heterocycles. The lowest BCUT2D eigenvalue weighted by molar-refractivity contribution is -0.120. The molecular formula is C28H33F2N5O3. The van der Waals surface area contributed by atoms with E-state index in [2.05, 4.69) is 27.0 Å². The van der Waals surface area contributed by atoms with Crippen molar-refractivity contribution in [2.75, 3.05) is 13.7 Å². The minimum atomic E-state index is -1.02. The monoisotopic (exact) mass is 525 g/mol. The molecule has 3 N–H and O–H groups in total. The Kier molecular flexibility index (Phi) is 8.85. The van der Waals surface area contributed by atoms with Gasteiger partial charge in [0.1, 0.15) is 18.7 Å². The summed E-state index contributed by atoms with van der Waals surface area (Å²) in [6.45, 7) is 1.49. The number of aliphatic hydroxyl groups is 1. The molecule has 4 rings (SSSR count). The molecule has 0 spiro atoms. The Morgan fingerprint density at radius 1 is 1.18 bits per heavy atom. The van der Waals surface area contributed by atoms with Crippen molar-refractivity contribution in [2.45, 2.75) is 56.7 Å². The summed E-state index contributed by atoms with van der Waals surface area (Å²) < 4.78 is 29.3. The van der Waals surface area contributed by atoms with Crippen LogP contribution in [0.2, 0.25) is 0 Å². The second-order valence-corrected chi connectivity index (χ2v) is 9.66. The first kappa shape index (κ1) is 27.4. The maximum atomic E-state index is 13.8. The van der Waals surface area contributed by atoms with Crippen molar-refractivity contribution in [3.05, 3.63) is 83.7 Å². The number of aromatic nitrogens is 2. The lowest BCUT2D eigenvalue weighted by Gasteiger charge is -2.40. The summed E-state index contributed by atoms with van der Waals surface area (Å²) in [6, 6.07) is 12.4. The van der Waals surface area contributed by atoms with Gasteiger partial charge < -0.3 is 20.6 Å². The van der Waals surface area contributed by atoms with Crippen LogP contribution < -0.4 is 10.6 Å². The lowest BCUT2D eigenvalue weighted by atomic mass is 9.75. The largest absolute Gasteiger partial charge is 0.399 e. The summed E-state index contributed by atoms with van der Waals surface area (Å²) in [5.41, 5.74) is 2.79. The second kappa shape index (κ2) is 12.3. The third kappa shape index (κ3) is 6.81. The molecule has 1 fully saturated rings.